The highest BCUT2D eigenvalue weighted by atomic mass is 16.5. The van der Waals surface area contributed by atoms with Crippen LogP contribution in [-0.4, -0.2) is 40.5 Å². The van der Waals surface area contributed by atoms with Crippen LogP contribution >= 0.6 is 0 Å². The molecule has 0 aliphatic carbocycles. The van der Waals surface area contributed by atoms with E-state index in [0.29, 0.717) is 54.8 Å². The minimum Gasteiger partial charge on any atom is -0.490 e. The quantitative estimate of drug-likeness (QED) is 0.309. The summed E-state index contributed by atoms with van der Waals surface area (Å²) in [4.78, 5) is 18.2. The highest BCUT2D eigenvalue weighted by molar-refractivity contribution is 6.06. The van der Waals surface area contributed by atoms with E-state index in [0.717, 1.165) is 33.6 Å². The third-order valence-corrected chi connectivity index (χ3v) is 5.89. The lowest BCUT2D eigenvalue weighted by molar-refractivity contribution is 0.0952. The second-order valence-electron chi connectivity index (χ2n) is 8.75. The van der Waals surface area contributed by atoms with Crippen LogP contribution in [0.1, 0.15) is 53.6 Å². The first kappa shape index (κ1) is 26.0. The van der Waals surface area contributed by atoms with E-state index in [1.165, 1.54) is 0 Å². The van der Waals surface area contributed by atoms with Crippen molar-refractivity contribution in [2.24, 2.45) is 0 Å². The number of pyridine rings is 1. The number of carbonyl (C=O) groups is 1. The molecule has 0 atom stereocenters. The van der Waals surface area contributed by atoms with Gasteiger partial charge in [-0.2, -0.15) is 5.10 Å². The fraction of sp³-hybridized carbons (Fsp3) is 0.345. The molecular weight excluding hydrogens is 468 g/mol. The van der Waals surface area contributed by atoms with E-state index < -0.39 is 0 Å². The first-order valence-corrected chi connectivity index (χ1v) is 12.6. The van der Waals surface area contributed by atoms with Crippen LogP contribution in [0.5, 0.6) is 17.2 Å². The molecule has 0 spiro atoms. The highest BCUT2D eigenvalue weighted by Gasteiger charge is 2.20. The number of nitrogens with one attached hydrogen (secondary N) is 1. The number of fused-ring (bicyclic) bond motifs is 1. The van der Waals surface area contributed by atoms with Crippen LogP contribution < -0.4 is 19.5 Å². The van der Waals surface area contributed by atoms with E-state index in [1.807, 2.05) is 77.9 Å². The van der Waals surface area contributed by atoms with Gasteiger partial charge in [-0.3, -0.25) is 4.79 Å². The predicted octanol–water partition coefficient (Wildman–Crippen LogP) is 5.47. The van der Waals surface area contributed by atoms with E-state index in [-0.39, 0.29) is 5.91 Å². The fourth-order valence-corrected chi connectivity index (χ4v) is 4.28. The molecule has 194 valence electrons. The summed E-state index contributed by atoms with van der Waals surface area (Å²) < 4.78 is 19.2. The zero-order valence-electron chi connectivity index (χ0n) is 22.3. The topological polar surface area (TPSA) is 87.5 Å². The summed E-state index contributed by atoms with van der Waals surface area (Å²) in [7, 11) is 0. The Morgan fingerprint density at radius 2 is 1.51 bits per heavy atom. The van der Waals surface area contributed by atoms with Crippen LogP contribution in [-0.2, 0) is 6.54 Å². The lowest BCUT2D eigenvalue weighted by Crippen LogP contribution is -2.23. The van der Waals surface area contributed by atoms with Gasteiger partial charge in [0.05, 0.1) is 42.2 Å². The number of hydrogen-bond donors (Lipinski definition) is 1. The SMILES string of the molecule is CCOc1cc(CNC(=O)c2cc(C)nc3c2c(C)nn3-c2ccc(C)cc2)cc(OCC)c1OCC. The Bertz CT molecular complexity index is 1380. The number of aromatic nitrogens is 3. The average molecular weight is 503 g/mol. The standard InChI is InChI=1S/C29H34N4O4/c1-7-35-24-15-21(16-25(36-8-2)27(24)37-9-3)17-30-29(34)23-14-19(5)31-28-26(23)20(6)32-33(28)22-12-10-18(4)11-13-22/h10-16H,7-9,17H2,1-6H3,(H,30,34). The molecule has 2 heterocycles. The summed E-state index contributed by atoms with van der Waals surface area (Å²) in [5.74, 6) is 1.56. The molecule has 37 heavy (non-hydrogen) atoms. The second-order valence-corrected chi connectivity index (χ2v) is 8.75. The van der Waals surface area contributed by atoms with Crippen LogP contribution in [0.25, 0.3) is 16.7 Å². The first-order chi connectivity index (χ1) is 17.9. The van der Waals surface area contributed by atoms with Crippen molar-refractivity contribution >= 4 is 16.9 Å². The van der Waals surface area contributed by atoms with Gasteiger partial charge >= 0.3 is 0 Å². The van der Waals surface area contributed by atoms with Gasteiger partial charge in [0.2, 0.25) is 5.75 Å². The molecule has 0 saturated carbocycles. The maximum absolute atomic E-state index is 13.5. The summed E-state index contributed by atoms with van der Waals surface area (Å²) in [6.07, 6.45) is 0. The lowest BCUT2D eigenvalue weighted by Gasteiger charge is -2.17. The summed E-state index contributed by atoms with van der Waals surface area (Å²) in [5.41, 5.74) is 5.59. The van der Waals surface area contributed by atoms with Gasteiger partial charge in [0, 0.05) is 12.2 Å². The van der Waals surface area contributed by atoms with Gasteiger partial charge in [-0.25, -0.2) is 9.67 Å². The van der Waals surface area contributed by atoms with E-state index in [1.54, 1.807) is 10.7 Å². The van der Waals surface area contributed by atoms with Crippen molar-refractivity contribution in [2.75, 3.05) is 19.8 Å². The largest absolute Gasteiger partial charge is 0.490 e. The molecule has 0 bridgehead atoms. The molecule has 0 radical (unpaired) electrons. The van der Waals surface area contributed by atoms with E-state index in [2.05, 4.69) is 5.32 Å². The Morgan fingerprint density at radius 3 is 2.11 bits per heavy atom. The molecule has 2 aromatic heterocycles. The van der Waals surface area contributed by atoms with Crippen molar-refractivity contribution in [2.45, 2.75) is 48.1 Å². The van der Waals surface area contributed by atoms with Gasteiger partial charge in [0.15, 0.2) is 17.1 Å². The second kappa shape index (κ2) is 11.3. The first-order valence-electron chi connectivity index (χ1n) is 12.6. The molecule has 4 rings (SSSR count). The zero-order valence-corrected chi connectivity index (χ0v) is 22.3. The Kier molecular flexibility index (Phi) is 7.96. The summed E-state index contributed by atoms with van der Waals surface area (Å²) in [5, 5.41) is 8.50. The van der Waals surface area contributed by atoms with Crippen LogP contribution in [0.3, 0.4) is 0 Å². The number of nitrogens with zero attached hydrogens (tertiary/aromatic N) is 3. The van der Waals surface area contributed by atoms with Crippen molar-refractivity contribution in [1.29, 1.82) is 0 Å². The van der Waals surface area contributed by atoms with Crippen LogP contribution in [0.4, 0.5) is 0 Å². The molecule has 4 aromatic rings. The summed E-state index contributed by atoms with van der Waals surface area (Å²) >= 11 is 0. The van der Waals surface area contributed by atoms with Gasteiger partial charge in [0.25, 0.3) is 5.91 Å². The Labute approximate surface area is 217 Å². The predicted molar refractivity (Wildman–Crippen MR) is 144 cm³/mol. The molecule has 8 nitrogen and oxygen atoms in total. The summed E-state index contributed by atoms with van der Waals surface area (Å²) in [6, 6.07) is 13.6. The number of amides is 1. The molecule has 1 N–H and O–H groups in total. The Hall–Kier alpha value is -4.07. The van der Waals surface area contributed by atoms with Crippen molar-refractivity contribution in [3.05, 3.63) is 70.5 Å². The molecule has 0 saturated heterocycles. The number of benzene rings is 2. The lowest BCUT2D eigenvalue weighted by atomic mass is 10.1. The van der Waals surface area contributed by atoms with E-state index >= 15 is 0 Å². The van der Waals surface area contributed by atoms with Crippen molar-refractivity contribution in [3.63, 3.8) is 0 Å². The maximum atomic E-state index is 13.5. The average Bonchev–Trinajstić information content (AvgIpc) is 3.20. The number of aryl methyl sites for hydroxylation is 3. The molecule has 2 aromatic carbocycles. The van der Waals surface area contributed by atoms with Gasteiger partial charge in [-0.05, 0) is 77.4 Å². The minimum absolute atomic E-state index is 0.202. The van der Waals surface area contributed by atoms with Crippen molar-refractivity contribution in [1.82, 2.24) is 20.1 Å². The Morgan fingerprint density at radius 1 is 0.892 bits per heavy atom. The normalized spacial score (nSPS) is 11.0. The molecule has 0 aliphatic heterocycles. The minimum atomic E-state index is -0.202. The van der Waals surface area contributed by atoms with Gasteiger partial charge in [-0.15, -0.1) is 0 Å². The fourth-order valence-electron chi connectivity index (χ4n) is 4.28. The molecule has 0 unspecified atom stereocenters. The van der Waals surface area contributed by atoms with E-state index in [9.17, 15) is 4.79 Å². The molecule has 1 amide bonds. The maximum Gasteiger partial charge on any atom is 0.252 e. The van der Waals surface area contributed by atoms with E-state index in [4.69, 9.17) is 24.3 Å². The van der Waals surface area contributed by atoms with Crippen molar-refractivity contribution in [3.8, 4) is 22.9 Å². The van der Waals surface area contributed by atoms with Crippen LogP contribution in [0.15, 0.2) is 42.5 Å². The smallest absolute Gasteiger partial charge is 0.252 e. The zero-order chi connectivity index (χ0) is 26.5. The third kappa shape index (κ3) is 5.53. The van der Waals surface area contributed by atoms with Crippen molar-refractivity contribution < 1.29 is 19.0 Å². The molecular formula is C29H34N4O4. The van der Waals surface area contributed by atoms with Crippen LogP contribution in [0.2, 0.25) is 0 Å². The molecule has 0 fully saturated rings. The number of carbonyl (C=O) groups excluding carboxylic acids is 1. The summed E-state index contributed by atoms with van der Waals surface area (Å²) in [6.45, 7) is 13.3. The Balaban J connectivity index is 1.66. The number of rotatable bonds is 10. The van der Waals surface area contributed by atoms with Crippen LogP contribution in [0, 0.1) is 20.8 Å². The monoisotopic (exact) mass is 502 g/mol. The van der Waals surface area contributed by atoms with Gasteiger partial charge < -0.3 is 19.5 Å². The van der Waals surface area contributed by atoms with Gasteiger partial charge in [-0.1, -0.05) is 17.7 Å². The number of ether oxygens (including phenoxy) is 3. The molecule has 8 heteroatoms. The molecule has 0 aliphatic rings. The third-order valence-electron chi connectivity index (χ3n) is 5.89. The van der Waals surface area contributed by atoms with Gasteiger partial charge in [0.1, 0.15) is 0 Å². The number of hydrogen-bond acceptors (Lipinski definition) is 6. The highest BCUT2D eigenvalue weighted by Crippen LogP contribution is 2.39.